The van der Waals surface area contributed by atoms with E-state index in [4.69, 9.17) is 0 Å². The highest BCUT2D eigenvalue weighted by molar-refractivity contribution is 5.88. The lowest BCUT2D eigenvalue weighted by Gasteiger charge is -2.35. The molecule has 146 valence electrons. The maximum atomic E-state index is 13.0. The van der Waals surface area contributed by atoms with Crippen LogP contribution < -0.4 is 5.32 Å². The molecule has 2 N–H and O–H groups in total. The average Bonchev–Trinajstić information content (AvgIpc) is 3.18. The summed E-state index contributed by atoms with van der Waals surface area (Å²) in [7, 11) is 1.32. The first-order valence-electron chi connectivity index (χ1n) is 9.36. The molecule has 7 nitrogen and oxygen atoms in total. The number of ether oxygens (including phenoxy) is 1. The molecular weight excluding hydrogens is 348 g/mol. The van der Waals surface area contributed by atoms with Crippen molar-refractivity contribution in [1.82, 2.24) is 10.2 Å². The van der Waals surface area contributed by atoms with Gasteiger partial charge in [0.15, 0.2) is 0 Å². The van der Waals surface area contributed by atoms with Crippen molar-refractivity contribution in [2.75, 3.05) is 26.7 Å². The predicted molar refractivity (Wildman–Crippen MR) is 98.0 cm³/mol. The van der Waals surface area contributed by atoms with Crippen LogP contribution in [0.2, 0.25) is 0 Å². The summed E-state index contributed by atoms with van der Waals surface area (Å²) >= 11 is 0. The summed E-state index contributed by atoms with van der Waals surface area (Å²) < 4.78 is 4.67. The Kier molecular flexibility index (Phi) is 6.11. The molecule has 0 spiro atoms. The highest BCUT2D eigenvalue weighted by Crippen LogP contribution is 2.30. The molecule has 0 radical (unpaired) electrons. The van der Waals surface area contributed by atoms with Crippen LogP contribution in [-0.2, 0) is 19.1 Å². The number of rotatable bonds is 5. The second-order valence-corrected chi connectivity index (χ2v) is 7.39. The van der Waals surface area contributed by atoms with E-state index in [1.807, 2.05) is 18.2 Å². The number of benzene rings is 1. The number of nitrogens with zero attached hydrogens (tertiary/aromatic N) is 1. The van der Waals surface area contributed by atoms with Gasteiger partial charge in [0.1, 0.15) is 6.04 Å². The fourth-order valence-corrected chi connectivity index (χ4v) is 4.15. The van der Waals surface area contributed by atoms with Gasteiger partial charge in [0.2, 0.25) is 5.91 Å². The third kappa shape index (κ3) is 4.47. The SMILES string of the molecule is COC(=O)CC1CN[C@H](C(=O)N2CCC(c3ccccc3)C2)[C@@H](C(=O)O)C1. The second-order valence-electron chi connectivity index (χ2n) is 7.39. The number of hydrogen-bond donors (Lipinski definition) is 2. The van der Waals surface area contributed by atoms with Crippen molar-refractivity contribution in [1.29, 1.82) is 0 Å². The Labute approximate surface area is 158 Å². The highest BCUT2D eigenvalue weighted by atomic mass is 16.5. The number of aliphatic carboxylic acids is 1. The number of carboxylic acids is 1. The van der Waals surface area contributed by atoms with Gasteiger partial charge >= 0.3 is 11.9 Å². The second kappa shape index (κ2) is 8.52. The van der Waals surface area contributed by atoms with E-state index in [2.05, 4.69) is 22.2 Å². The monoisotopic (exact) mass is 374 g/mol. The lowest BCUT2D eigenvalue weighted by atomic mass is 9.82. The van der Waals surface area contributed by atoms with Crippen LogP contribution in [-0.4, -0.2) is 60.6 Å². The summed E-state index contributed by atoms with van der Waals surface area (Å²) in [4.78, 5) is 38.0. The van der Waals surface area contributed by atoms with Crippen molar-refractivity contribution in [3.8, 4) is 0 Å². The van der Waals surface area contributed by atoms with E-state index in [0.29, 0.717) is 26.1 Å². The number of esters is 1. The molecule has 0 aromatic heterocycles. The Bertz CT molecular complexity index is 693. The van der Waals surface area contributed by atoms with Gasteiger partial charge in [0.05, 0.1) is 13.0 Å². The Morgan fingerprint density at radius 2 is 2.00 bits per heavy atom. The Hall–Kier alpha value is -2.41. The first-order chi connectivity index (χ1) is 13.0. The van der Waals surface area contributed by atoms with Crippen molar-refractivity contribution in [3.63, 3.8) is 0 Å². The number of likely N-dealkylation sites (tertiary alicyclic amines) is 1. The number of amides is 1. The molecular formula is C20H26N2O5. The molecule has 2 heterocycles. The number of carbonyl (C=O) groups excluding carboxylic acids is 2. The van der Waals surface area contributed by atoms with Crippen molar-refractivity contribution in [2.24, 2.45) is 11.8 Å². The molecule has 0 aliphatic carbocycles. The van der Waals surface area contributed by atoms with Crippen molar-refractivity contribution < 1.29 is 24.2 Å². The van der Waals surface area contributed by atoms with Crippen LogP contribution in [0.1, 0.15) is 30.7 Å². The molecule has 2 unspecified atom stereocenters. The van der Waals surface area contributed by atoms with Gasteiger partial charge in [-0.3, -0.25) is 14.4 Å². The summed E-state index contributed by atoms with van der Waals surface area (Å²) in [5.41, 5.74) is 1.21. The molecule has 2 fully saturated rings. The van der Waals surface area contributed by atoms with E-state index in [-0.39, 0.29) is 30.1 Å². The molecule has 1 aromatic rings. The number of hydrogen-bond acceptors (Lipinski definition) is 5. The summed E-state index contributed by atoms with van der Waals surface area (Å²) in [6.07, 6.45) is 1.34. The largest absolute Gasteiger partial charge is 0.481 e. The van der Waals surface area contributed by atoms with Crippen molar-refractivity contribution in [3.05, 3.63) is 35.9 Å². The van der Waals surface area contributed by atoms with Crippen LogP contribution >= 0.6 is 0 Å². The normalized spacial score (nSPS) is 28.0. The van der Waals surface area contributed by atoms with Crippen LogP contribution in [0.15, 0.2) is 30.3 Å². The van der Waals surface area contributed by atoms with E-state index < -0.39 is 17.9 Å². The van der Waals surface area contributed by atoms with Gasteiger partial charge in [-0.25, -0.2) is 0 Å². The van der Waals surface area contributed by atoms with E-state index in [1.165, 1.54) is 12.7 Å². The summed E-state index contributed by atoms with van der Waals surface area (Å²) in [5.74, 6) is -2.21. The number of carboxylic acid groups (broad SMARTS) is 1. The van der Waals surface area contributed by atoms with Crippen LogP contribution in [0.3, 0.4) is 0 Å². The standard InChI is InChI=1S/C20H26N2O5/c1-27-17(23)10-13-9-16(20(25)26)18(21-11-13)19(24)22-8-7-15(12-22)14-5-3-2-4-6-14/h2-6,13,15-16,18,21H,7-12H2,1H3,(H,25,26)/t13?,15?,16-,18-/m0/s1. The zero-order valence-corrected chi connectivity index (χ0v) is 15.5. The molecule has 2 aliphatic heterocycles. The minimum absolute atomic E-state index is 0.141. The lowest BCUT2D eigenvalue weighted by Crippen LogP contribution is -2.56. The zero-order valence-electron chi connectivity index (χ0n) is 15.5. The number of piperidine rings is 1. The Morgan fingerprint density at radius 1 is 1.26 bits per heavy atom. The maximum absolute atomic E-state index is 13.0. The molecule has 2 saturated heterocycles. The highest BCUT2D eigenvalue weighted by Gasteiger charge is 2.42. The van der Waals surface area contributed by atoms with Gasteiger partial charge in [-0.05, 0) is 30.9 Å². The van der Waals surface area contributed by atoms with Gasteiger partial charge in [0.25, 0.3) is 0 Å². The minimum Gasteiger partial charge on any atom is -0.481 e. The van der Waals surface area contributed by atoms with Gasteiger partial charge in [0, 0.05) is 25.4 Å². The molecule has 1 aromatic carbocycles. The molecule has 2 aliphatic rings. The molecule has 1 amide bonds. The van der Waals surface area contributed by atoms with Gasteiger partial charge in [-0.2, -0.15) is 0 Å². The van der Waals surface area contributed by atoms with Gasteiger partial charge in [-0.15, -0.1) is 0 Å². The van der Waals surface area contributed by atoms with Gasteiger partial charge in [-0.1, -0.05) is 30.3 Å². The fraction of sp³-hybridized carbons (Fsp3) is 0.550. The van der Waals surface area contributed by atoms with Gasteiger partial charge < -0.3 is 20.1 Å². The first kappa shape index (κ1) is 19.4. The predicted octanol–water partition coefficient (Wildman–Crippen LogP) is 1.24. The van der Waals surface area contributed by atoms with Crippen molar-refractivity contribution >= 4 is 17.8 Å². The summed E-state index contributed by atoms with van der Waals surface area (Å²) in [5, 5.41) is 12.7. The quantitative estimate of drug-likeness (QED) is 0.753. The van der Waals surface area contributed by atoms with E-state index in [1.54, 1.807) is 4.90 Å². The number of carbonyl (C=O) groups is 3. The molecule has 0 bridgehead atoms. The van der Waals surface area contributed by atoms with Crippen LogP contribution in [0.4, 0.5) is 0 Å². The third-order valence-corrected chi connectivity index (χ3v) is 5.65. The van der Waals surface area contributed by atoms with E-state index in [0.717, 1.165) is 6.42 Å². The van der Waals surface area contributed by atoms with Crippen molar-refractivity contribution in [2.45, 2.75) is 31.2 Å². The smallest absolute Gasteiger partial charge is 0.308 e. The molecule has 3 rings (SSSR count). The summed E-state index contributed by atoms with van der Waals surface area (Å²) in [6.45, 7) is 1.68. The Morgan fingerprint density at radius 3 is 2.67 bits per heavy atom. The molecule has 27 heavy (non-hydrogen) atoms. The summed E-state index contributed by atoms with van der Waals surface area (Å²) in [6, 6.07) is 9.33. The van der Waals surface area contributed by atoms with Crippen LogP contribution in [0.5, 0.6) is 0 Å². The van der Waals surface area contributed by atoms with E-state index in [9.17, 15) is 19.5 Å². The first-order valence-corrected chi connectivity index (χ1v) is 9.36. The maximum Gasteiger partial charge on any atom is 0.308 e. The molecule has 0 saturated carbocycles. The zero-order chi connectivity index (χ0) is 19.4. The fourth-order valence-electron chi connectivity index (χ4n) is 4.15. The molecule has 4 atom stereocenters. The topological polar surface area (TPSA) is 95.9 Å². The van der Waals surface area contributed by atoms with E-state index >= 15 is 0 Å². The van der Waals surface area contributed by atoms with Crippen LogP contribution in [0.25, 0.3) is 0 Å². The number of nitrogens with one attached hydrogen (secondary N) is 1. The minimum atomic E-state index is -1.01. The lowest BCUT2D eigenvalue weighted by molar-refractivity contribution is -0.151. The van der Waals surface area contributed by atoms with Crippen LogP contribution in [0, 0.1) is 11.8 Å². The third-order valence-electron chi connectivity index (χ3n) is 5.65. The number of methoxy groups -OCH3 is 1. The molecule has 7 heteroatoms. The average molecular weight is 374 g/mol. The Balaban J connectivity index is 1.63.